The highest BCUT2D eigenvalue weighted by Gasteiger charge is 2.36. The monoisotopic (exact) mass is 600 g/mol. The molecule has 0 spiro atoms. The Morgan fingerprint density at radius 2 is 1.57 bits per heavy atom. The number of allylic oxidation sites excluding steroid dienone is 1. The molecule has 1 atom stereocenters. The van der Waals surface area contributed by atoms with Crippen molar-refractivity contribution < 1.29 is 14.6 Å². The second-order valence-corrected chi connectivity index (χ2v) is 10.4. The van der Waals surface area contributed by atoms with Gasteiger partial charge in [-0.05, 0) is 53.6 Å². The van der Waals surface area contributed by atoms with Crippen molar-refractivity contribution in [1.29, 1.82) is 5.26 Å². The van der Waals surface area contributed by atoms with Gasteiger partial charge >= 0.3 is 0 Å². The zero-order valence-electron chi connectivity index (χ0n) is 21.2. The molecule has 0 saturated carbocycles. The summed E-state index contributed by atoms with van der Waals surface area (Å²) >= 11 is 6.92. The Hall–Kier alpha value is -5.58. The van der Waals surface area contributed by atoms with Gasteiger partial charge in [-0.15, -0.1) is 11.3 Å². The van der Waals surface area contributed by atoms with Crippen molar-refractivity contribution in [3.8, 4) is 6.07 Å². The van der Waals surface area contributed by atoms with E-state index in [1.807, 2.05) is 6.07 Å². The highest BCUT2D eigenvalue weighted by molar-refractivity contribution is 7.07. The predicted molar refractivity (Wildman–Crippen MR) is 157 cm³/mol. The molecule has 3 aromatic carbocycles. The molecule has 0 aliphatic carbocycles. The number of nitrogens with two attached hydrogens (primary N) is 1. The summed E-state index contributed by atoms with van der Waals surface area (Å²) in [4.78, 5) is 48.6. The van der Waals surface area contributed by atoms with Crippen LogP contribution in [0.1, 0.15) is 17.0 Å². The molecule has 208 valence electrons. The molecule has 0 saturated heterocycles. The van der Waals surface area contributed by atoms with Crippen LogP contribution >= 0.6 is 22.9 Å². The summed E-state index contributed by atoms with van der Waals surface area (Å²) in [7, 11) is 0. The minimum absolute atomic E-state index is 0.0232. The second kappa shape index (κ2) is 11.1. The average Bonchev–Trinajstić information content (AvgIpc) is 3.29. The van der Waals surface area contributed by atoms with Crippen LogP contribution in [0.5, 0.6) is 0 Å². The van der Waals surface area contributed by atoms with Gasteiger partial charge in [0.1, 0.15) is 10.5 Å². The van der Waals surface area contributed by atoms with Crippen LogP contribution in [0.15, 0.2) is 83.2 Å². The van der Waals surface area contributed by atoms with E-state index in [1.54, 1.807) is 24.3 Å². The number of non-ortho nitro benzene ring substituents is 2. The third-order valence-electron chi connectivity index (χ3n) is 6.45. The Balaban J connectivity index is 1.77. The lowest BCUT2D eigenvalue weighted by Gasteiger charge is -2.25. The van der Waals surface area contributed by atoms with Crippen LogP contribution in [0.25, 0.3) is 17.5 Å². The molecular weight excluding hydrogens is 584 g/mol. The Morgan fingerprint density at radius 1 is 1.00 bits per heavy atom. The number of nitro groups is 2. The zero-order valence-corrected chi connectivity index (χ0v) is 22.8. The molecule has 2 heterocycles. The predicted octanol–water partition coefficient (Wildman–Crippen LogP) is 3.45. The fourth-order valence-corrected chi connectivity index (χ4v) is 5.77. The number of nitriles is 1. The van der Waals surface area contributed by atoms with E-state index in [1.165, 1.54) is 54.6 Å². The van der Waals surface area contributed by atoms with E-state index < -0.39 is 27.2 Å². The number of hydrogen-bond donors (Lipinski definition) is 2. The van der Waals surface area contributed by atoms with Crippen LogP contribution in [0.2, 0.25) is 5.02 Å². The van der Waals surface area contributed by atoms with E-state index in [2.05, 4.69) is 5.32 Å². The molecule has 0 radical (unpaired) electrons. The third-order valence-corrected chi connectivity index (χ3v) is 7.81. The number of nitrogens with one attached hydrogen (secondary N) is 1. The maximum Gasteiger partial charge on any atom is 0.274 e. The molecule has 12 nitrogen and oxygen atoms in total. The first-order chi connectivity index (χ1) is 20.1. The summed E-state index contributed by atoms with van der Waals surface area (Å²) in [6.45, 7) is 0. The van der Waals surface area contributed by atoms with Gasteiger partial charge in [-0.25, -0.2) is 0 Å². The van der Waals surface area contributed by atoms with Gasteiger partial charge in [-0.3, -0.25) is 34.4 Å². The van der Waals surface area contributed by atoms with Crippen molar-refractivity contribution in [3.63, 3.8) is 0 Å². The smallest absolute Gasteiger partial charge is 0.274 e. The van der Waals surface area contributed by atoms with Gasteiger partial charge < -0.3 is 11.1 Å². The highest BCUT2D eigenvalue weighted by atomic mass is 35.5. The lowest BCUT2D eigenvalue weighted by atomic mass is 9.83. The largest absolute Gasteiger partial charge is 0.384 e. The number of benzene rings is 3. The Kier molecular flexibility index (Phi) is 7.41. The molecule has 1 aliphatic heterocycles. The lowest BCUT2D eigenvalue weighted by molar-refractivity contribution is -0.385. The van der Waals surface area contributed by atoms with E-state index in [4.69, 9.17) is 17.3 Å². The van der Waals surface area contributed by atoms with Crippen molar-refractivity contribution >= 4 is 63.4 Å². The Morgan fingerprint density at radius 3 is 2.12 bits per heavy atom. The van der Waals surface area contributed by atoms with E-state index >= 15 is 0 Å². The van der Waals surface area contributed by atoms with Crippen molar-refractivity contribution in [2.45, 2.75) is 5.92 Å². The fraction of sp³-hybridized carbons (Fsp3) is 0.0357. The second-order valence-electron chi connectivity index (χ2n) is 8.97. The van der Waals surface area contributed by atoms with Crippen LogP contribution in [-0.4, -0.2) is 20.3 Å². The number of rotatable bonds is 6. The number of carbonyl (C=O) groups is 1. The molecule has 42 heavy (non-hydrogen) atoms. The molecule has 1 unspecified atom stereocenters. The van der Waals surface area contributed by atoms with Crippen LogP contribution in [-0.2, 0) is 4.79 Å². The minimum Gasteiger partial charge on any atom is -0.384 e. The molecule has 1 aromatic heterocycles. The average molecular weight is 601 g/mol. The molecule has 14 heteroatoms. The van der Waals surface area contributed by atoms with Crippen LogP contribution in [0.4, 0.5) is 17.1 Å². The Bertz CT molecular complexity index is 2020. The van der Waals surface area contributed by atoms with Gasteiger partial charge in [0, 0.05) is 35.0 Å². The molecule has 0 bridgehead atoms. The maximum absolute atomic E-state index is 13.9. The first-order valence-corrected chi connectivity index (χ1v) is 13.2. The lowest BCUT2D eigenvalue weighted by Crippen LogP contribution is -2.40. The number of fused-ring (bicyclic) bond motifs is 1. The molecule has 0 fully saturated rings. The highest BCUT2D eigenvalue weighted by Crippen LogP contribution is 2.37. The number of thiazole rings is 1. The third kappa shape index (κ3) is 5.15. The van der Waals surface area contributed by atoms with Gasteiger partial charge in [0.25, 0.3) is 22.8 Å². The number of nitro benzene ring substituents is 2. The van der Waals surface area contributed by atoms with Gasteiger partial charge in [-0.1, -0.05) is 23.7 Å². The molecule has 4 aromatic rings. The molecular formula is C28H17ClN6O6S. The van der Waals surface area contributed by atoms with Crippen LogP contribution < -0.4 is 25.8 Å². The van der Waals surface area contributed by atoms with E-state index in [9.17, 15) is 35.1 Å². The number of halogens is 1. The van der Waals surface area contributed by atoms with Crippen molar-refractivity contribution in [2.75, 3.05) is 5.32 Å². The van der Waals surface area contributed by atoms with Crippen molar-refractivity contribution in [3.05, 3.63) is 134 Å². The summed E-state index contributed by atoms with van der Waals surface area (Å²) < 4.78 is 1.39. The van der Waals surface area contributed by atoms with E-state index in [-0.39, 0.29) is 37.5 Å². The number of aromatic nitrogens is 1. The first kappa shape index (κ1) is 28.0. The summed E-state index contributed by atoms with van der Waals surface area (Å²) in [5.41, 5.74) is 6.63. The van der Waals surface area contributed by atoms with Gasteiger partial charge in [0.2, 0.25) is 0 Å². The first-order valence-electron chi connectivity index (χ1n) is 12.0. The van der Waals surface area contributed by atoms with Crippen LogP contribution in [0, 0.1) is 31.6 Å². The molecule has 1 amide bonds. The normalized spacial score (nSPS) is 14.7. The van der Waals surface area contributed by atoms with Gasteiger partial charge in [0.05, 0.1) is 37.5 Å². The zero-order chi connectivity index (χ0) is 30.1. The fourth-order valence-electron chi connectivity index (χ4n) is 4.46. The summed E-state index contributed by atoms with van der Waals surface area (Å²) in [6.07, 6.45) is 1.50. The van der Waals surface area contributed by atoms with Gasteiger partial charge in [0.15, 0.2) is 0 Å². The quantitative estimate of drug-likeness (QED) is 0.248. The van der Waals surface area contributed by atoms with E-state index in [0.29, 0.717) is 21.8 Å². The number of hydrogen-bond acceptors (Lipinski definition) is 9. The molecule has 5 rings (SSSR count). The number of nitrogens with zero attached hydrogens (tertiary/aromatic N) is 4. The van der Waals surface area contributed by atoms with Crippen LogP contribution in [0.3, 0.4) is 0 Å². The molecule has 1 aliphatic rings. The van der Waals surface area contributed by atoms with E-state index in [0.717, 1.165) is 15.9 Å². The topological polar surface area (TPSA) is 187 Å². The van der Waals surface area contributed by atoms with Crippen molar-refractivity contribution in [2.24, 2.45) is 5.73 Å². The number of amides is 1. The summed E-state index contributed by atoms with van der Waals surface area (Å²) in [5.74, 6) is -1.89. The summed E-state index contributed by atoms with van der Waals surface area (Å²) in [6, 6.07) is 19.2. The number of anilines is 1. The SMILES string of the molecule is N#CC1=C(N)n2c(s/c(=C\c3ccc([N+](=O)[O-])cc3)c2=O)=C(C(=O)Nc2ccc(Cl)cc2)C1c1ccc([N+](=O)[O-])cc1. The summed E-state index contributed by atoms with van der Waals surface area (Å²) in [5, 5.41) is 35.6. The number of carbonyl (C=O) groups excluding carboxylic acids is 1. The Labute approximate surface area is 244 Å². The maximum atomic E-state index is 13.9. The van der Waals surface area contributed by atoms with Crippen molar-refractivity contribution in [1.82, 2.24) is 4.57 Å². The molecule has 3 N–H and O–H groups in total. The van der Waals surface area contributed by atoms with Gasteiger partial charge in [-0.2, -0.15) is 5.26 Å². The standard InChI is InChI=1S/C28H17ClN6O6S/c29-17-5-7-18(8-6-17)32-26(36)24-23(16-3-11-20(12-4-16)35(40)41)21(14-30)25(31)33-27(37)22(42-28(24)33)13-15-1-9-19(10-2-15)34(38)39/h1-13,23H,31H2,(H,32,36)/b22-13-. The minimum atomic E-state index is -1.06.